The Hall–Kier alpha value is -4.28. The summed E-state index contributed by atoms with van der Waals surface area (Å²) in [5, 5.41) is 14.8. The predicted octanol–water partition coefficient (Wildman–Crippen LogP) is 5.99. The molecule has 0 radical (unpaired) electrons. The van der Waals surface area contributed by atoms with Gasteiger partial charge >= 0.3 is 5.97 Å². The van der Waals surface area contributed by atoms with E-state index in [2.05, 4.69) is 21.4 Å². The topological polar surface area (TPSA) is 97.8 Å². The van der Waals surface area contributed by atoms with Crippen LogP contribution in [0.4, 0.5) is 4.39 Å². The third-order valence-electron chi connectivity index (χ3n) is 8.08. The van der Waals surface area contributed by atoms with E-state index in [4.69, 9.17) is 26.4 Å². The average Bonchev–Trinajstić information content (AvgIpc) is 3.61. The van der Waals surface area contributed by atoms with Crippen molar-refractivity contribution in [1.29, 1.82) is 0 Å². The summed E-state index contributed by atoms with van der Waals surface area (Å²) in [7, 11) is 0. The zero-order valence-electron chi connectivity index (χ0n) is 23.8. The molecule has 5 aromatic rings. The molecule has 4 aromatic heterocycles. The molecule has 1 saturated heterocycles. The Morgan fingerprint density at radius 2 is 2.00 bits per heavy atom. The molecule has 9 nitrogen and oxygen atoms in total. The van der Waals surface area contributed by atoms with Gasteiger partial charge in [-0.15, -0.1) is 0 Å². The second-order valence-corrected chi connectivity index (χ2v) is 11.2. The molecule has 5 heterocycles. The zero-order valence-corrected chi connectivity index (χ0v) is 24.5. The molecule has 222 valence electrons. The molecule has 0 atom stereocenters. The number of benzene rings is 1. The average molecular weight is 603 g/mol. The van der Waals surface area contributed by atoms with Gasteiger partial charge in [0.05, 0.1) is 23.1 Å². The fourth-order valence-corrected chi connectivity index (χ4v) is 5.84. The quantitative estimate of drug-likeness (QED) is 0.210. The third-order valence-corrected chi connectivity index (χ3v) is 8.31. The summed E-state index contributed by atoms with van der Waals surface area (Å²) >= 11 is 5.85. The summed E-state index contributed by atoms with van der Waals surface area (Å²) in [5.41, 5.74) is 5.45. The number of pyridine rings is 2. The number of rotatable bonds is 10. The number of aromatic nitrogens is 5. The molecule has 0 unspecified atom stereocenters. The minimum absolute atomic E-state index is 0.0756. The molecule has 43 heavy (non-hydrogen) atoms. The van der Waals surface area contributed by atoms with Gasteiger partial charge in [-0.25, -0.2) is 23.7 Å². The van der Waals surface area contributed by atoms with Crippen molar-refractivity contribution in [2.45, 2.75) is 51.8 Å². The number of fused-ring (bicyclic) bond motifs is 1. The summed E-state index contributed by atoms with van der Waals surface area (Å²) in [4.78, 5) is 23.1. The minimum Gasteiger partial charge on any atom is -0.478 e. The number of likely N-dealkylation sites (tertiary alicyclic amines) is 1. The first-order valence-electron chi connectivity index (χ1n) is 14.4. The molecule has 0 saturated carbocycles. The lowest BCUT2D eigenvalue weighted by atomic mass is 9.93. The second kappa shape index (κ2) is 12.5. The van der Waals surface area contributed by atoms with Gasteiger partial charge in [-0.05, 0) is 63.2 Å². The van der Waals surface area contributed by atoms with Crippen molar-refractivity contribution in [1.82, 2.24) is 29.0 Å². The zero-order chi connectivity index (χ0) is 29.9. The van der Waals surface area contributed by atoms with Gasteiger partial charge in [-0.1, -0.05) is 23.7 Å². The van der Waals surface area contributed by atoms with Gasteiger partial charge in [0.2, 0.25) is 5.88 Å². The highest BCUT2D eigenvalue weighted by Crippen LogP contribution is 2.30. The number of carboxylic acids is 1. The number of aryl methyl sites for hydroxylation is 1. The summed E-state index contributed by atoms with van der Waals surface area (Å²) < 4.78 is 23.8. The van der Waals surface area contributed by atoms with Crippen LogP contribution in [0.3, 0.4) is 0 Å². The fourth-order valence-electron chi connectivity index (χ4n) is 5.69. The van der Waals surface area contributed by atoms with Crippen LogP contribution in [0.1, 0.15) is 64.2 Å². The highest BCUT2D eigenvalue weighted by Gasteiger charge is 2.25. The number of ether oxygens (including phenoxy) is 1. The van der Waals surface area contributed by atoms with Crippen molar-refractivity contribution in [2.75, 3.05) is 13.1 Å². The van der Waals surface area contributed by atoms with Crippen molar-refractivity contribution in [3.63, 3.8) is 0 Å². The van der Waals surface area contributed by atoms with E-state index in [0.29, 0.717) is 29.4 Å². The highest BCUT2D eigenvalue weighted by atomic mass is 35.5. The maximum absolute atomic E-state index is 14.2. The molecule has 1 N–H and O–H groups in total. The molecule has 6 rings (SSSR count). The van der Waals surface area contributed by atoms with Crippen LogP contribution >= 0.6 is 11.6 Å². The molecule has 0 amide bonds. The van der Waals surface area contributed by atoms with Crippen LogP contribution in [-0.4, -0.2) is 53.2 Å². The van der Waals surface area contributed by atoms with Crippen molar-refractivity contribution in [2.24, 2.45) is 0 Å². The van der Waals surface area contributed by atoms with E-state index in [1.54, 1.807) is 41.0 Å². The lowest BCUT2D eigenvalue weighted by Crippen LogP contribution is -2.33. The van der Waals surface area contributed by atoms with Crippen LogP contribution in [0.15, 0.2) is 67.3 Å². The second-order valence-electron chi connectivity index (χ2n) is 10.8. The van der Waals surface area contributed by atoms with E-state index in [-0.39, 0.29) is 18.1 Å². The van der Waals surface area contributed by atoms with E-state index in [0.717, 1.165) is 60.6 Å². The maximum Gasteiger partial charge on any atom is 0.335 e. The lowest BCUT2D eigenvalue weighted by molar-refractivity contribution is 0.0697. The molecule has 1 aromatic carbocycles. The number of hydrogen-bond donors (Lipinski definition) is 1. The summed E-state index contributed by atoms with van der Waals surface area (Å²) in [6.45, 7) is 5.35. The van der Waals surface area contributed by atoms with E-state index in [1.165, 1.54) is 6.07 Å². The van der Waals surface area contributed by atoms with Crippen LogP contribution in [0.25, 0.3) is 5.52 Å². The molecular formula is C32H32ClFN6O3. The van der Waals surface area contributed by atoms with Gasteiger partial charge in [0, 0.05) is 71.4 Å². The van der Waals surface area contributed by atoms with Gasteiger partial charge in [-0.3, -0.25) is 4.90 Å². The summed E-state index contributed by atoms with van der Waals surface area (Å²) in [6, 6.07) is 13.6. The van der Waals surface area contributed by atoms with Gasteiger partial charge < -0.3 is 14.4 Å². The van der Waals surface area contributed by atoms with Crippen LogP contribution in [-0.2, 0) is 26.1 Å². The largest absolute Gasteiger partial charge is 0.478 e. The first-order valence-corrected chi connectivity index (χ1v) is 14.7. The van der Waals surface area contributed by atoms with Gasteiger partial charge in [0.15, 0.2) is 0 Å². The van der Waals surface area contributed by atoms with Crippen LogP contribution < -0.4 is 4.74 Å². The number of piperidine rings is 1. The van der Waals surface area contributed by atoms with Gasteiger partial charge in [-0.2, -0.15) is 5.10 Å². The maximum atomic E-state index is 14.2. The Bertz CT molecular complexity index is 1760. The van der Waals surface area contributed by atoms with Crippen LogP contribution in [0.5, 0.6) is 5.88 Å². The number of aromatic carboxylic acids is 1. The van der Waals surface area contributed by atoms with Gasteiger partial charge in [0.25, 0.3) is 0 Å². The van der Waals surface area contributed by atoms with Crippen molar-refractivity contribution < 1.29 is 19.0 Å². The van der Waals surface area contributed by atoms with E-state index < -0.39 is 11.8 Å². The minimum atomic E-state index is -0.961. The normalized spacial score (nSPS) is 14.4. The predicted molar refractivity (Wildman–Crippen MR) is 160 cm³/mol. The summed E-state index contributed by atoms with van der Waals surface area (Å²) in [6.07, 6.45) is 7.87. The molecule has 0 spiro atoms. The number of carbonyl (C=O) groups is 1. The number of hydrogen-bond acceptors (Lipinski definition) is 6. The van der Waals surface area contributed by atoms with Crippen LogP contribution in [0, 0.1) is 5.82 Å². The smallest absolute Gasteiger partial charge is 0.335 e. The first kappa shape index (κ1) is 28.8. The Labute approximate surface area is 253 Å². The first-order chi connectivity index (χ1) is 20.9. The molecule has 11 heteroatoms. The van der Waals surface area contributed by atoms with Gasteiger partial charge in [0.1, 0.15) is 12.4 Å². The number of nitrogens with zero attached hydrogens (tertiary/aromatic N) is 6. The fraction of sp³-hybridized carbons (Fsp3) is 0.312. The number of imidazole rings is 1. The summed E-state index contributed by atoms with van der Waals surface area (Å²) in [5.74, 6) is -0.611. The Morgan fingerprint density at radius 3 is 2.77 bits per heavy atom. The lowest BCUT2D eigenvalue weighted by Gasteiger charge is -2.31. The Morgan fingerprint density at radius 1 is 1.16 bits per heavy atom. The standard InChI is InChI=1S/C32H32ClFN6O3/c1-2-39-20-35-17-25(39)16-26-29(37-40-13-10-22(32(41)42)14-30(26)40)18-38-11-8-21(9-12-38)28-4-3-5-31(36-28)43-19-23-6-7-24(33)15-27(23)34/h3-7,10,13-15,17,20-21H,2,8-9,11-12,16,18-19H2,1H3,(H,41,42). The molecule has 1 aliphatic heterocycles. The molecule has 0 aliphatic carbocycles. The number of halogens is 2. The van der Waals surface area contributed by atoms with Crippen molar-refractivity contribution >= 4 is 23.1 Å². The van der Waals surface area contributed by atoms with E-state index in [1.807, 2.05) is 24.7 Å². The van der Waals surface area contributed by atoms with E-state index >= 15 is 0 Å². The monoisotopic (exact) mass is 602 g/mol. The Kier molecular flexibility index (Phi) is 8.40. The van der Waals surface area contributed by atoms with Crippen molar-refractivity contribution in [3.05, 3.63) is 112 Å². The molecule has 0 bridgehead atoms. The Balaban J connectivity index is 1.14. The molecule has 1 fully saturated rings. The third kappa shape index (κ3) is 6.40. The van der Waals surface area contributed by atoms with Crippen LogP contribution in [0.2, 0.25) is 5.02 Å². The van der Waals surface area contributed by atoms with E-state index in [9.17, 15) is 14.3 Å². The van der Waals surface area contributed by atoms with Crippen molar-refractivity contribution in [3.8, 4) is 5.88 Å². The molecular weight excluding hydrogens is 571 g/mol. The molecule has 1 aliphatic rings. The SMILES string of the molecule is CCn1cncc1Cc1c(CN2CCC(c3cccc(OCc4ccc(Cl)cc4F)n3)CC2)nn2ccc(C(=O)O)cc12. The highest BCUT2D eigenvalue weighted by molar-refractivity contribution is 6.30. The number of carboxylic acid groups (broad SMARTS) is 1.